The molecule has 2 heterocycles. The molecule has 1 amide bonds. The first-order valence-corrected chi connectivity index (χ1v) is 12.9. The van der Waals surface area contributed by atoms with Crippen LogP contribution in [-0.2, 0) is 30.2 Å². The highest BCUT2D eigenvalue weighted by atomic mass is 32.2. The SMILES string of the molecule is O=C(NCc1ccc(COCc2ccccc2)cc1)c1ccccc1SCc1cn2ccccc2n1. The number of ether oxygens (including phenoxy) is 1. The second-order valence-corrected chi connectivity index (χ2v) is 9.48. The lowest BCUT2D eigenvalue weighted by molar-refractivity contribution is 0.0948. The van der Waals surface area contributed by atoms with Gasteiger partial charge in [0.1, 0.15) is 5.65 Å². The lowest BCUT2D eigenvalue weighted by atomic mass is 10.1. The Balaban J connectivity index is 1.13. The molecule has 0 aliphatic rings. The topological polar surface area (TPSA) is 55.6 Å². The van der Waals surface area contributed by atoms with E-state index in [4.69, 9.17) is 4.74 Å². The number of imidazole rings is 1. The van der Waals surface area contributed by atoms with Crippen LogP contribution in [0.4, 0.5) is 0 Å². The van der Waals surface area contributed by atoms with Crippen LogP contribution in [-0.4, -0.2) is 15.3 Å². The third-order valence-electron chi connectivity index (χ3n) is 5.78. The van der Waals surface area contributed by atoms with Crippen LogP contribution in [0.15, 0.2) is 114 Å². The van der Waals surface area contributed by atoms with Gasteiger partial charge < -0.3 is 14.5 Å². The van der Waals surface area contributed by atoms with Gasteiger partial charge in [0.2, 0.25) is 0 Å². The Kier molecular flexibility index (Phi) is 7.76. The van der Waals surface area contributed by atoms with E-state index in [-0.39, 0.29) is 5.91 Å². The highest BCUT2D eigenvalue weighted by Crippen LogP contribution is 2.26. The highest BCUT2D eigenvalue weighted by molar-refractivity contribution is 7.98. The van der Waals surface area contributed by atoms with E-state index in [2.05, 4.69) is 22.4 Å². The van der Waals surface area contributed by atoms with Crippen molar-refractivity contribution < 1.29 is 9.53 Å². The maximum absolute atomic E-state index is 13.0. The predicted molar refractivity (Wildman–Crippen MR) is 144 cm³/mol. The minimum atomic E-state index is -0.0802. The first-order valence-electron chi connectivity index (χ1n) is 11.9. The van der Waals surface area contributed by atoms with E-state index in [1.807, 2.05) is 102 Å². The molecule has 0 radical (unpaired) electrons. The van der Waals surface area contributed by atoms with E-state index in [9.17, 15) is 4.79 Å². The molecule has 0 unspecified atom stereocenters. The number of thioether (sulfide) groups is 1. The largest absolute Gasteiger partial charge is 0.372 e. The van der Waals surface area contributed by atoms with Crippen molar-refractivity contribution in [1.82, 2.24) is 14.7 Å². The number of carbonyl (C=O) groups excluding carboxylic acids is 1. The Morgan fingerprint density at radius 1 is 0.806 bits per heavy atom. The summed E-state index contributed by atoms with van der Waals surface area (Å²) in [6, 6.07) is 32.0. The monoisotopic (exact) mass is 493 g/mol. The molecular weight excluding hydrogens is 466 g/mol. The van der Waals surface area contributed by atoms with Gasteiger partial charge in [-0.05, 0) is 41.0 Å². The summed E-state index contributed by atoms with van der Waals surface area (Å²) >= 11 is 1.62. The zero-order valence-electron chi connectivity index (χ0n) is 19.8. The fraction of sp³-hybridized carbons (Fsp3) is 0.133. The quantitative estimate of drug-likeness (QED) is 0.233. The molecule has 0 saturated heterocycles. The average Bonchev–Trinajstić information content (AvgIpc) is 3.35. The molecule has 180 valence electrons. The van der Waals surface area contributed by atoms with Crippen molar-refractivity contribution in [2.24, 2.45) is 0 Å². The van der Waals surface area contributed by atoms with Crippen LogP contribution < -0.4 is 5.32 Å². The van der Waals surface area contributed by atoms with Crippen LogP contribution in [0, 0.1) is 0 Å². The lowest BCUT2D eigenvalue weighted by Gasteiger charge is -2.10. The highest BCUT2D eigenvalue weighted by Gasteiger charge is 2.12. The Morgan fingerprint density at radius 3 is 2.31 bits per heavy atom. The van der Waals surface area contributed by atoms with Gasteiger partial charge in [-0.2, -0.15) is 0 Å². The van der Waals surface area contributed by atoms with E-state index in [0.717, 1.165) is 32.9 Å². The Hall–Kier alpha value is -3.87. The number of benzene rings is 3. The minimum Gasteiger partial charge on any atom is -0.372 e. The van der Waals surface area contributed by atoms with Gasteiger partial charge in [0, 0.05) is 29.6 Å². The molecule has 3 aromatic carbocycles. The van der Waals surface area contributed by atoms with Gasteiger partial charge >= 0.3 is 0 Å². The van der Waals surface area contributed by atoms with Crippen molar-refractivity contribution in [2.45, 2.75) is 30.4 Å². The van der Waals surface area contributed by atoms with E-state index in [0.29, 0.717) is 31.1 Å². The number of nitrogens with one attached hydrogen (secondary N) is 1. The first kappa shape index (κ1) is 23.9. The van der Waals surface area contributed by atoms with E-state index in [1.54, 1.807) is 11.8 Å². The standard InChI is InChI=1S/C30H27N3O2S/c34-30(31-18-23-13-15-25(16-14-23)21-35-20-24-8-2-1-3-9-24)27-10-4-5-11-28(27)36-22-26-19-33-17-7-6-12-29(33)32-26/h1-17,19H,18,20-22H2,(H,31,34). The number of nitrogens with zero attached hydrogens (tertiary/aromatic N) is 2. The van der Waals surface area contributed by atoms with Gasteiger partial charge in [-0.1, -0.05) is 72.8 Å². The second kappa shape index (κ2) is 11.7. The molecule has 1 N–H and O–H groups in total. The number of fused-ring (bicyclic) bond motifs is 1. The molecule has 5 rings (SSSR count). The van der Waals surface area contributed by atoms with Gasteiger partial charge in [-0.3, -0.25) is 4.79 Å². The van der Waals surface area contributed by atoms with E-state index < -0.39 is 0 Å². The third-order valence-corrected chi connectivity index (χ3v) is 6.88. The maximum atomic E-state index is 13.0. The number of aromatic nitrogens is 2. The molecule has 5 aromatic rings. The number of amides is 1. The van der Waals surface area contributed by atoms with Crippen molar-refractivity contribution >= 4 is 23.3 Å². The second-order valence-electron chi connectivity index (χ2n) is 8.46. The van der Waals surface area contributed by atoms with Crippen molar-refractivity contribution in [3.8, 4) is 0 Å². The zero-order valence-corrected chi connectivity index (χ0v) is 20.7. The number of hydrogen-bond acceptors (Lipinski definition) is 4. The Bertz CT molecular complexity index is 1400. The van der Waals surface area contributed by atoms with Crippen molar-refractivity contribution in [3.05, 3.63) is 137 Å². The number of rotatable bonds is 10. The molecular formula is C30H27N3O2S. The minimum absolute atomic E-state index is 0.0802. The molecule has 0 fully saturated rings. The molecule has 2 aromatic heterocycles. The van der Waals surface area contributed by atoms with E-state index in [1.165, 1.54) is 0 Å². The normalized spacial score (nSPS) is 11.0. The molecule has 0 spiro atoms. The van der Waals surface area contributed by atoms with Crippen LogP contribution in [0.2, 0.25) is 0 Å². The number of hydrogen-bond donors (Lipinski definition) is 1. The fourth-order valence-corrected chi connectivity index (χ4v) is 4.81. The van der Waals surface area contributed by atoms with Crippen LogP contribution in [0.5, 0.6) is 0 Å². The van der Waals surface area contributed by atoms with Crippen LogP contribution in [0.3, 0.4) is 0 Å². The van der Waals surface area contributed by atoms with Gasteiger partial charge in [-0.15, -0.1) is 11.8 Å². The van der Waals surface area contributed by atoms with Crippen LogP contribution in [0.25, 0.3) is 5.65 Å². The molecule has 36 heavy (non-hydrogen) atoms. The van der Waals surface area contributed by atoms with Crippen LogP contribution in [0.1, 0.15) is 32.7 Å². The summed E-state index contributed by atoms with van der Waals surface area (Å²) in [7, 11) is 0. The zero-order chi connectivity index (χ0) is 24.6. The predicted octanol–water partition coefficient (Wildman–Crippen LogP) is 6.27. The molecule has 0 aliphatic heterocycles. The van der Waals surface area contributed by atoms with Gasteiger partial charge in [-0.25, -0.2) is 4.98 Å². The fourth-order valence-electron chi connectivity index (χ4n) is 3.88. The smallest absolute Gasteiger partial charge is 0.252 e. The maximum Gasteiger partial charge on any atom is 0.252 e. The summed E-state index contributed by atoms with van der Waals surface area (Å²) in [5, 5.41) is 3.06. The number of carbonyl (C=O) groups is 1. The summed E-state index contributed by atoms with van der Waals surface area (Å²) in [5.41, 5.74) is 5.90. The summed E-state index contributed by atoms with van der Waals surface area (Å²) < 4.78 is 7.82. The third kappa shape index (κ3) is 6.22. The summed E-state index contributed by atoms with van der Waals surface area (Å²) in [4.78, 5) is 18.6. The van der Waals surface area contributed by atoms with Crippen molar-refractivity contribution in [1.29, 1.82) is 0 Å². The molecule has 0 saturated carbocycles. The van der Waals surface area contributed by atoms with Crippen molar-refractivity contribution in [3.63, 3.8) is 0 Å². The van der Waals surface area contributed by atoms with Crippen LogP contribution >= 0.6 is 11.8 Å². The number of pyridine rings is 1. The molecule has 5 nitrogen and oxygen atoms in total. The molecule has 0 bridgehead atoms. The van der Waals surface area contributed by atoms with Gasteiger partial charge in [0.25, 0.3) is 5.91 Å². The molecule has 0 atom stereocenters. The molecule has 6 heteroatoms. The Labute approximate surface area is 215 Å². The van der Waals surface area contributed by atoms with Gasteiger partial charge in [0.05, 0.1) is 24.5 Å². The van der Waals surface area contributed by atoms with E-state index >= 15 is 0 Å². The van der Waals surface area contributed by atoms with Crippen molar-refractivity contribution in [2.75, 3.05) is 0 Å². The first-order chi connectivity index (χ1) is 17.7. The van der Waals surface area contributed by atoms with Gasteiger partial charge in [0.15, 0.2) is 0 Å². The summed E-state index contributed by atoms with van der Waals surface area (Å²) in [5.74, 6) is 0.614. The average molecular weight is 494 g/mol. The summed E-state index contributed by atoms with van der Waals surface area (Å²) in [6.45, 7) is 1.61. The molecule has 0 aliphatic carbocycles. The summed E-state index contributed by atoms with van der Waals surface area (Å²) in [6.07, 6.45) is 4.02. The lowest BCUT2D eigenvalue weighted by Crippen LogP contribution is -2.23. The Morgan fingerprint density at radius 2 is 1.50 bits per heavy atom.